The Hall–Kier alpha value is -1.35. The van der Waals surface area contributed by atoms with Crippen molar-refractivity contribution in [2.45, 2.75) is 52.0 Å². The van der Waals surface area contributed by atoms with Gasteiger partial charge in [0.2, 0.25) is 0 Å². The summed E-state index contributed by atoms with van der Waals surface area (Å²) in [5, 5.41) is 8.87. The van der Waals surface area contributed by atoms with E-state index in [2.05, 4.69) is 43.0 Å². The third-order valence-corrected chi connectivity index (χ3v) is 4.66. The van der Waals surface area contributed by atoms with Crippen LogP contribution < -0.4 is 0 Å². The maximum Gasteiger partial charge on any atom is 0.303 e. The van der Waals surface area contributed by atoms with Crippen LogP contribution >= 0.6 is 0 Å². The van der Waals surface area contributed by atoms with Crippen molar-refractivity contribution >= 4 is 5.97 Å². The topological polar surface area (TPSA) is 40.5 Å². The Labute approximate surface area is 128 Å². The number of hydrogen-bond acceptors (Lipinski definition) is 2. The van der Waals surface area contributed by atoms with Gasteiger partial charge >= 0.3 is 5.97 Å². The van der Waals surface area contributed by atoms with Crippen molar-refractivity contribution in [2.24, 2.45) is 5.92 Å². The lowest BCUT2D eigenvalue weighted by atomic mass is 9.92. The van der Waals surface area contributed by atoms with E-state index in [1.54, 1.807) is 0 Å². The van der Waals surface area contributed by atoms with Crippen molar-refractivity contribution in [3.63, 3.8) is 0 Å². The Balaban J connectivity index is 1.89. The van der Waals surface area contributed by atoms with E-state index in [-0.39, 0.29) is 0 Å². The van der Waals surface area contributed by atoms with E-state index in [1.807, 2.05) is 0 Å². The van der Waals surface area contributed by atoms with E-state index in [9.17, 15) is 4.79 Å². The first kappa shape index (κ1) is 16.0. The van der Waals surface area contributed by atoms with Crippen LogP contribution in [-0.4, -0.2) is 29.1 Å². The van der Waals surface area contributed by atoms with Gasteiger partial charge in [-0.1, -0.05) is 37.6 Å². The van der Waals surface area contributed by atoms with Gasteiger partial charge in [0.25, 0.3) is 0 Å². The van der Waals surface area contributed by atoms with Gasteiger partial charge in [0.05, 0.1) is 0 Å². The molecule has 1 N–H and O–H groups in total. The fraction of sp³-hybridized carbons (Fsp3) is 0.611. The molecule has 3 nitrogen and oxygen atoms in total. The molecule has 1 aliphatic heterocycles. The molecular formula is C18H27NO2. The number of rotatable bonds is 6. The quantitative estimate of drug-likeness (QED) is 0.863. The molecule has 0 radical (unpaired) electrons. The molecule has 116 valence electrons. The fourth-order valence-electron chi connectivity index (χ4n) is 3.25. The van der Waals surface area contributed by atoms with Crippen LogP contribution in [0.15, 0.2) is 24.3 Å². The molecule has 1 fully saturated rings. The Morgan fingerprint density at radius 3 is 2.43 bits per heavy atom. The number of piperidine rings is 1. The Morgan fingerprint density at radius 2 is 1.90 bits per heavy atom. The molecule has 3 heteroatoms. The van der Waals surface area contributed by atoms with Crippen molar-refractivity contribution in [1.29, 1.82) is 0 Å². The third kappa shape index (κ3) is 4.57. The maximum atomic E-state index is 10.8. The first-order chi connectivity index (χ1) is 10.1. The van der Waals surface area contributed by atoms with Crippen molar-refractivity contribution < 1.29 is 9.90 Å². The summed E-state index contributed by atoms with van der Waals surface area (Å²) in [7, 11) is 0. The molecule has 0 bridgehead atoms. The minimum atomic E-state index is -0.659. The molecule has 0 saturated carbocycles. The molecule has 0 spiro atoms. The van der Waals surface area contributed by atoms with E-state index in [0.717, 1.165) is 32.4 Å². The van der Waals surface area contributed by atoms with Crippen LogP contribution in [0.4, 0.5) is 0 Å². The van der Waals surface area contributed by atoms with Crippen molar-refractivity contribution in [1.82, 2.24) is 4.90 Å². The molecule has 0 aliphatic carbocycles. The molecule has 2 rings (SSSR count). The van der Waals surface area contributed by atoms with E-state index in [4.69, 9.17) is 5.11 Å². The molecule has 21 heavy (non-hydrogen) atoms. The van der Waals surface area contributed by atoms with Gasteiger partial charge in [0.1, 0.15) is 0 Å². The van der Waals surface area contributed by atoms with Crippen LogP contribution in [0.25, 0.3) is 0 Å². The highest BCUT2D eigenvalue weighted by atomic mass is 16.4. The normalized spacial score (nSPS) is 18.6. The highest BCUT2D eigenvalue weighted by Gasteiger charge is 2.24. The molecule has 1 aromatic rings. The number of aliphatic carboxylic acids is 1. The number of benzene rings is 1. The van der Waals surface area contributed by atoms with Gasteiger partial charge in [-0.25, -0.2) is 0 Å². The molecule has 1 atom stereocenters. The Kier molecular flexibility index (Phi) is 5.80. The zero-order chi connectivity index (χ0) is 15.2. The first-order valence-corrected chi connectivity index (χ1v) is 8.14. The third-order valence-electron chi connectivity index (χ3n) is 4.66. The Bertz CT molecular complexity index is 447. The van der Waals surface area contributed by atoms with E-state index in [0.29, 0.717) is 18.4 Å². The van der Waals surface area contributed by atoms with Gasteiger partial charge in [0.15, 0.2) is 0 Å². The zero-order valence-corrected chi connectivity index (χ0v) is 13.2. The second kappa shape index (κ2) is 7.60. The van der Waals surface area contributed by atoms with Crippen molar-refractivity contribution in [3.8, 4) is 0 Å². The van der Waals surface area contributed by atoms with Gasteiger partial charge in [-0.2, -0.15) is 0 Å². The summed E-state index contributed by atoms with van der Waals surface area (Å²) in [6.45, 7) is 6.48. The number of carbonyl (C=O) groups is 1. The van der Waals surface area contributed by atoms with Gasteiger partial charge in [0, 0.05) is 12.5 Å². The van der Waals surface area contributed by atoms with Gasteiger partial charge in [-0.05, 0) is 56.3 Å². The second-order valence-electron chi connectivity index (χ2n) is 6.24. The summed E-state index contributed by atoms with van der Waals surface area (Å²) in [5.41, 5.74) is 2.78. The molecule has 1 aromatic carbocycles. The average molecular weight is 289 g/mol. The maximum absolute atomic E-state index is 10.8. The number of aryl methyl sites for hydroxylation is 1. The number of carboxylic acid groups (broad SMARTS) is 1. The monoisotopic (exact) mass is 289 g/mol. The summed E-state index contributed by atoms with van der Waals surface area (Å²) in [6, 6.07) is 9.41. The average Bonchev–Trinajstić information content (AvgIpc) is 2.48. The van der Waals surface area contributed by atoms with E-state index >= 15 is 0 Å². The van der Waals surface area contributed by atoms with Gasteiger partial charge in [-0.15, -0.1) is 0 Å². The van der Waals surface area contributed by atoms with Crippen LogP contribution in [0.5, 0.6) is 0 Å². The van der Waals surface area contributed by atoms with Gasteiger partial charge in [-0.3, -0.25) is 9.69 Å². The first-order valence-electron chi connectivity index (χ1n) is 8.14. The van der Waals surface area contributed by atoms with E-state index in [1.165, 1.54) is 17.5 Å². The largest absolute Gasteiger partial charge is 0.481 e. The highest BCUT2D eigenvalue weighted by Crippen LogP contribution is 2.28. The molecule has 0 aromatic heterocycles. The second-order valence-corrected chi connectivity index (χ2v) is 6.24. The van der Waals surface area contributed by atoms with Crippen LogP contribution in [0.1, 0.15) is 56.7 Å². The Morgan fingerprint density at radius 1 is 1.29 bits per heavy atom. The number of hydrogen-bond donors (Lipinski definition) is 1. The van der Waals surface area contributed by atoms with Crippen LogP contribution in [0.2, 0.25) is 0 Å². The fourth-order valence-corrected chi connectivity index (χ4v) is 3.25. The predicted octanol–water partition coefficient (Wildman–Crippen LogP) is 3.89. The zero-order valence-electron chi connectivity index (χ0n) is 13.2. The predicted molar refractivity (Wildman–Crippen MR) is 85.4 cm³/mol. The number of likely N-dealkylation sites (tertiary alicyclic amines) is 1. The summed E-state index contributed by atoms with van der Waals surface area (Å²) in [5.74, 6) is -0.300. The molecule has 1 heterocycles. The smallest absolute Gasteiger partial charge is 0.303 e. The lowest BCUT2D eigenvalue weighted by Crippen LogP contribution is -2.36. The molecular weight excluding hydrogens is 262 g/mol. The van der Waals surface area contributed by atoms with Crippen LogP contribution in [0, 0.1) is 5.92 Å². The molecule has 1 saturated heterocycles. The lowest BCUT2D eigenvalue weighted by molar-refractivity contribution is -0.138. The standard InChI is InChI=1S/C18H27NO2/c1-3-4-15-5-7-17(8-6-15)14(2)19-11-9-16(10-12-19)13-18(20)21/h5-8,14,16H,3-4,9-13H2,1-2H3,(H,20,21). The minimum Gasteiger partial charge on any atom is -0.481 e. The summed E-state index contributed by atoms with van der Waals surface area (Å²) >= 11 is 0. The number of carboxylic acids is 1. The minimum absolute atomic E-state index is 0.327. The van der Waals surface area contributed by atoms with Gasteiger partial charge < -0.3 is 5.11 Å². The summed E-state index contributed by atoms with van der Waals surface area (Å²) < 4.78 is 0. The van der Waals surface area contributed by atoms with Crippen molar-refractivity contribution in [3.05, 3.63) is 35.4 Å². The number of nitrogens with zero attached hydrogens (tertiary/aromatic N) is 1. The summed E-state index contributed by atoms with van der Waals surface area (Å²) in [4.78, 5) is 13.3. The molecule has 1 aliphatic rings. The van der Waals surface area contributed by atoms with Crippen LogP contribution in [-0.2, 0) is 11.2 Å². The molecule has 0 amide bonds. The SMILES string of the molecule is CCCc1ccc(C(C)N2CCC(CC(=O)O)CC2)cc1. The van der Waals surface area contributed by atoms with Crippen LogP contribution in [0.3, 0.4) is 0 Å². The summed E-state index contributed by atoms with van der Waals surface area (Å²) in [6.07, 6.45) is 4.67. The highest BCUT2D eigenvalue weighted by molar-refractivity contribution is 5.67. The van der Waals surface area contributed by atoms with Crippen molar-refractivity contribution in [2.75, 3.05) is 13.1 Å². The lowest BCUT2D eigenvalue weighted by Gasteiger charge is -2.36. The molecule has 1 unspecified atom stereocenters. The van der Waals surface area contributed by atoms with E-state index < -0.39 is 5.97 Å².